The van der Waals surface area contributed by atoms with Gasteiger partial charge in [-0.3, -0.25) is 4.79 Å². The summed E-state index contributed by atoms with van der Waals surface area (Å²) >= 11 is 0. The first-order valence-corrected chi connectivity index (χ1v) is 11.8. The molecular weight excluding hydrogens is 428 g/mol. The molecule has 0 radical (unpaired) electrons. The summed E-state index contributed by atoms with van der Waals surface area (Å²) in [4.78, 5) is 23.3. The molecule has 0 spiro atoms. The zero-order valence-electron chi connectivity index (χ0n) is 18.7. The molecule has 2 aliphatic heterocycles. The van der Waals surface area contributed by atoms with E-state index in [0.29, 0.717) is 24.3 Å². The fourth-order valence-electron chi connectivity index (χ4n) is 5.51. The first kappa shape index (κ1) is 20.9. The minimum Gasteiger partial charge on any atom is -0.508 e. The van der Waals surface area contributed by atoms with Crippen molar-refractivity contribution in [3.8, 4) is 16.9 Å². The van der Waals surface area contributed by atoms with E-state index in [1.807, 2.05) is 24.3 Å². The lowest BCUT2D eigenvalue weighted by Gasteiger charge is -2.37. The van der Waals surface area contributed by atoms with Crippen LogP contribution in [0.1, 0.15) is 25.1 Å². The zero-order valence-corrected chi connectivity index (χ0v) is 18.7. The van der Waals surface area contributed by atoms with Gasteiger partial charge in [0.05, 0.1) is 11.9 Å². The first-order valence-electron chi connectivity index (χ1n) is 11.8. The molecule has 2 fully saturated rings. The molecule has 2 saturated heterocycles. The average Bonchev–Trinajstić information content (AvgIpc) is 3.08. The van der Waals surface area contributed by atoms with Crippen LogP contribution in [-0.4, -0.2) is 51.3 Å². The van der Waals surface area contributed by atoms with Gasteiger partial charge in [0.2, 0.25) is 0 Å². The second-order valence-electron chi connectivity index (χ2n) is 9.25. The summed E-state index contributed by atoms with van der Waals surface area (Å²) in [5.74, 6) is 0.830. The van der Waals surface area contributed by atoms with Gasteiger partial charge >= 0.3 is 5.97 Å². The molecule has 0 amide bonds. The number of carboxylic acids is 1. The van der Waals surface area contributed by atoms with Gasteiger partial charge in [0.25, 0.3) is 0 Å². The van der Waals surface area contributed by atoms with Crippen LogP contribution in [0.2, 0.25) is 0 Å². The number of phenols is 1. The zero-order chi connectivity index (χ0) is 23.2. The third-order valence-electron chi connectivity index (χ3n) is 7.07. The quantitative estimate of drug-likeness (QED) is 0.417. The maximum absolute atomic E-state index is 11.2. The molecule has 2 atom stereocenters. The Morgan fingerprint density at radius 3 is 2.59 bits per heavy atom. The summed E-state index contributed by atoms with van der Waals surface area (Å²) in [6.45, 7) is 1.86. The number of nitrogens with zero attached hydrogens (tertiary/aromatic N) is 3. The number of hydrogen-bond donors (Lipinski definition) is 3. The molecule has 1 aromatic heterocycles. The van der Waals surface area contributed by atoms with E-state index < -0.39 is 5.97 Å². The molecule has 34 heavy (non-hydrogen) atoms. The number of nitrogens with one attached hydrogen (secondary N) is 1. The molecule has 6 rings (SSSR count). The summed E-state index contributed by atoms with van der Waals surface area (Å²) in [6.07, 6.45) is 2.54. The van der Waals surface area contributed by atoms with E-state index >= 15 is 0 Å². The number of aromatic hydroxyl groups is 1. The third kappa shape index (κ3) is 3.62. The highest BCUT2D eigenvalue weighted by atomic mass is 16.4. The Morgan fingerprint density at radius 1 is 1.00 bits per heavy atom. The fraction of sp³-hybridized carbons (Fsp3) is 0.296. The van der Waals surface area contributed by atoms with Crippen molar-refractivity contribution in [1.29, 1.82) is 0 Å². The Kier molecular flexibility index (Phi) is 5.07. The number of hydrogen-bond acceptors (Lipinski definition) is 6. The smallest absolute Gasteiger partial charge is 0.303 e. The van der Waals surface area contributed by atoms with Crippen LogP contribution in [0.15, 0.2) is 54.6 Å². The summed E-state index contributed by atoms with van der Waals surface area (Å²) in [5, 5.41) is 26.1. The Bertz CT molecular complexity index is 1400. The Labute approximate surface area is 197 Å². The second-order valence-corrected chi connectivity index (χ2v) is 9.25. The van der Waals surface area contributed by atoms with Gasteiger partial charge in [-0.1, -0.05) is 30.3 Å². The van der Waals surface area contributed by atoms with Crippen molar-refractivity contribution in [1.82, 2.24) is 15.3 Å². The first-order chi connectivity index (χ1) is 16.6. The van der Waals surface area contributed by atoms with Crippen molar-refractivity contribution in [3.63, 3.8) is 0 Å². The van der Waals surface area contributed by atoms with Crippen molar-refractivity contribution in [2.24, 2.45) is 0 Å². The van der Waals surface area contributed by atoms with Crippen LogP contribution < -0.4 is 10.2 Å². The molecule has 4 aromatic rings. The molecule has 7 nitrogen and oxygen atoms in total. The van der Waals surface area contributed by atoms with Crippen LogP contribution in [0.25, 0.3) is 32.8 Å². The maximum atomic E-state index is 11.2. The molecule has 0 aliphatic carbocycles. The van der Waals surface area contributed by atoms with Crippen molar-refractivity contribution >= 4 is 33.5 Å². The van der Waals surface area contributed by atoms with Crippen molar-refractivity contribution in [2.75, 3.05) is 18.0 Å². The molecular formula is C27H26N4O3. The maximum Gasteiger partial charge on any atom is 0.303 e. The van der Waals surface area contributed by atoms with E-state index in [2.05, 4.69) is 28.4 Å². The third-order valence-corrected chi connectivity index (χ3v) is 7.07. The number of phenolic OH excluding ortho intramolecular Hbond substituents is 1. The molecule has 7 heteroatoms. The van der Waals surface area contributed by atoms with Crippen molar-refractivity contribution in [2.45, 2.75) is 37.8 Å². The number of carboxylic acid groups (broad SMARTS) is 1. The number of rotatable bonds is 5. The van der Waals surface area contributed by atoms with Crippen LogP contribution in [0.5, 0.6) is 5.75 Å². The Hall–Kier alpha value is -3.71. The standard InChI is InChI=1S/C27H26N4O3/c32-20-11-16-3-1-2-4-21(16)23(13-20)17-5-8-22-24(12-17)29-25(9-10-26(33)34)30-27(22)31-18-6-7-19(31)15-28-14-18/h1-5,8,11-13,18-19,28,32H,6-7,9-10,14-15H2,(H,33,34). The number of fused-ring (bicyclic) bond motifs is 4. The number of piperazine rings is 1. The normalized spacial score (nSPS) is 19.7. The Morgan fingerprint density at radius 2 is 1.79 bits per heavy atom. The highest BCUT2D eigenvalue weighted by Gasteiger charge is 2.38. The summed E-state index contributed by atoms with van der Waals surface area (Å²) in [6, 6.07) is 18.5. The van der Waals surface area contributed by atoms with E-state index in [1.165, 1.54) is 0 Å². The Balaban J connectivity index is 1.52. The lowest BCUT2D eigenvalue weighted by molar-refractivity contribution is -0.137. The predicted octanol–water partition coefficient (Wildman–Crippen LogP) is 4.11. The minimum atomic E-state index is -0.854. The van der Waals surface area contributed by atoms with Crippen LogP contribution in [0.4, 0.5) is 5.82 Å². The van der Waals surface area contributed by atoms with E-state index in [9.17, 15) is 15.0 Å². The summed E-state index contributed by atoms with van der Waals surface area (Å²) in [7, 11) is 0. The fourth-order valence-corrected chi connectivity index (χ4v) is 5.51. The van der Waals surface area contributed by atoms with Gasteiger partial charge in [-0.05, 0) is 59.0 Å². The lowest BCUT2D eigenvalue weighted by atomic mass is 9.97. The van der Waals surface area contributed by atoms with Crippen LogP contribution in [0, 0.1) is 0 Å². The van der Waals surface area contributed by atoms with Gasteiger partial charge in [0.1, 0.15) is 17.4 Å². The van der Waals surface area contributed by atoms with Gasteiger partial charge in [-0.2, -0.15) is 0 Å². The van der Waals surface area contributed by atoms with Gasteiger partial charge < -0.3 is 20.4 Å². The van der Waals surface area contributed by atoms with Crippen LogP contribution in [0.3, 0.4) is 0 Å². The molecule has 3 aromatic carbocycles. The van der Waals surface area contributed by atoms with E-state index in [4.69, 9.17) is 9.97 Å². The van der Waals surface area contributed by atoms with E-state index in [-0.39, 0.29) is 12.2 Å². The van der Waals surface area contributed by atoms with Gasteiger partial charge in [0.15, 0.2) is 0 Å². The number of aliphatic carboxylic acids is 1. The number of carbonyl (C=O) groups is 1. The number of aromatic nitrogens is 2. The molecule has 3 N–H and O–H groups in total. The second kappa shape index (κ2) is 8.25. The van der Waals surface area contributed by atoms with E-state index in [0.717, 1.165) is 64.6 Å². The summed E-state index contributed by atoms with van der Waals surface area (Å²) in [5.41, 5.74) is 2.69. The largest absolute Gasteiger partial charge is 0.508 e. The summed E-state index contributed by atoms with van der Waals surface area (Å²) < 4.78 is 0. The van der Waals surface area contributed by atoms with Crippen molar-refractivity contribution in [3.05, 3.63) is 60.4 Å². The topological polar surface area (TPSA) is 98.6 Å². The SMILES string of the molecule is O=C(O)CCc1nc(N2C3CCC2CNC3)c2ccc(-c3cc(O)cc4ccccc34)cc2n1. The minimum absolute atomic E-state index is 0.00372. The van der Waals surface area contributed by atoms with Crippen molar-refractivity contribution < 1.29 is 15.0 Å². The predicted molar refractivity (Wildman–Crippen MR) is 132 cm³/mol. The highest BCUT2D eigenvalue weighted by molar-refractivity contribution is 6.01. The molecule has 0 saturated carbocycles. The highest BCUT2D eigenvalue weighted by Crippen LogP contribution is 2.38. The molecule has 2 unspecified atom stereocenters. The average molecular weight is 455 g/mol. The van der Waals surface area contributed by atoms with Gasteiger partial charge in [-0.25, -0.2) is 9.97 Å². The molecule has 2 aliphatic rings. The number of anilines is 1. The monoisotopic (exact) mass is 454 g/mol. The molecule has 2 bridgehead atoms. The van der Waals surface area contributed by atoms with Gasteiger partial charge in [-0.15, -0.1) is 0 Å². The van der Waals surface area contributed by atoms with Crippen LogP contribution in [-0.2, 0) is 11.2 Å². The number of benzene rings is 3. The molecule has 3 heterocycles. The van der Waals surface area contributed by atoms with Gasteiger partial charge in [0, 0.05) is 37.0 Å². The lowest BCUT2D eigenvalue weighted by Crippen LogP contribution is -2.52. The van der Waals surface area contributed by atoms with Crippen LogP contribution >= 0.6 is 0 Å². The number of aryl methyl sites for hydroxylation is 1. The van der Waals surface area contributed by atoms with E-state index in [1.54, 1.807) is 12.1 Å². The molecule has 172 valence electrons.